The highest BCUT2D eigenvalue weighted by molar-refractivity contribution is 6.42. The lowest BCUT2D eigenvalue weighted by Crippen LogP contribution is -2.42. The smallest absolute Gasteiger partial charge is 0.274 e. The first kappa shape index (κ1) is 15.2. The van der Waals surface area contributed by atoms with Crippen LogP contribution in [0.3, 0.4) is 0 Å². The average molecular weight is 338 g/mol. The van der Waals surface area contributed by atoms with Crippen LogP contribution in [-0.2, 0) is 4.74 Å². The van der Waals surface area contributed by atoms with E-state index in [9.17, 15) is 4.79 Å². The number of rotatable bonds is 2. The Bertz CT molecular complexity index is 682. The van der Waals surface area contributed by atoms with Crippen molar-refractivity contribution < 1.29 is 9.53 Å². The maximum absolute atomic E-state index is 12.4. The number of carbonyl (C=O) groups excluding carboxylic acids is 1. The number of nitrogens with zero attached hydrogens (tertiary/aromatic N) is 3. The van der Waals surface area contributed by atoms with Gasteiger partial charge in [-0.3, -0.25) is 4.79 Å². The molecule has 0 N–H and O–H groups in total. The molecule has 0 unspecified atom stereocenters. The summed E-state index contributed by atoms with van der Waals surface area (Å²) in [6.07, 6.45) is 1.30. The molecule has 3 rings (SSSR count). The minimum absolute atomic E-state index is 0.151. The van der Waals surface area contributed by atoms with Gasteiger partial charge in [0.15, 0.2) is 5.69 Å². The molecule has 0 aliphatic carbocycles. The molecule has 22 heavy (non-hydrogen) atoms. The van der Waals surface area contributed by atoms with Gasteiger partial charge in [-0.2, -0.15) is 5.10 Å². The number of benzene rings is 1. The second-order valence-electron chi connectivity index (χ2n) is 4.89. The van der Waals surface area contributed by atoms with E-state index in [1.807, 2.05) is 6.07 Å². The molecule has 1 amide bonds. The third-order valence-corrected chi connectivity index (χ3v) is 4.20. The Balaban J connectivity index is 1.76. The van der Waals surface area contributed by atoms with Crippen LogP contribution in [0, 0.1) is 0 Å². The Morgan fingerprint density at radius 2 is 2.14 bits per heavy atom. The number of halogens is 2. The lowest BCUT2D eigenvalue weighted by Gasteiger charge is -2.33. The van der Waals surface area contributed by atoms with Crippen molar-refractivity contribution in [2.45, 2.75) is 6.10 Å². The molecule has 0 saturated carbocycles. The van der Waals surface area contributed by atoms with Crippen LogP contribution >= 0.6 is 23.2 Å². The molecule has 1 fully saturated rings. The van der Waals surface area contributed by atoms with Crippen LogP contribution in [0.5, 0.6) is 0 Å². The molecule has 0 bridgehead atoms. The van der Waals surface area contributed by atoms with Crippen LogP contribution in [0.1, 0.15) is 22.2 Å². The lowest BCUT2D eigenvalue weighted by atomic mass is 10.1. The van der Waals surface area contributed by atoms with Crippen molar-refractivity contribution in [2.24, 2.45) is 0 Å². The summed E-state index contributed by atoms with van der Waals surface area (Å²) >= 11 is 12.0. The number of morpholine rings is 1. The van der Waals surface area contributed by atoms with Crippen LogP contribution in [0.4, 0.5) is 0 Å². The molecule has 1 aromatic carbocycles. The number of hydrogen-bond donors (Lipinski definition) is 0. The van der Waals surface area contributed by atoms with Crippen molar-refractivity contribution in [3.05, 3.63) is 57.8 Å². The summed E-state index contributed by atoms with van der Waals surface area (Å²) in [5, 5.41) is 8.56. The van der Waals surface area contributed by atoms with Gasteiger partial charge in [0, 0.05) is 12.7 Å². The van der Waals surface area contributed by atoms with Gasteiger partial charge in [0.25, 0.3) is 5.91 Å². The molecule has 0 radical (unpaired) electrons. The number of amides is 1. The molecule has 0 spiro atoms. The molecule has 2 heterocycles. The zero-order valence-electron chi connectivity index (χ0n) is 11.6. The molecule has 114 valence electrons. The van der Waals surface area contributed by atoms with Gasteiger partial charge >= 0.3 is 0 Å². The molecular weight excluding hydrogens is 325 g/mol. The molecule has 7 heteroatoms. The topological polar surface area (TPSA) is 55.3 Å². The Morgan fingerprint density at radius 1 is 1.27 bits per heavy atom. The van der Waals surface area contributed by atoms with E-state index >= 15 is 0 Å². The first-order chi connectivity index (χ1) is 10.6. The number of aromatic nitrogens is 2. The maximum Gasteiger partial charge on any atom is 0.274 e. The van der Waals surface area contributed by atoms with Crippen molar-refractivity contribution in [1.82, 2.24) is 15.1 Å². The third kappa shape index (κ3) is 3.21. The van der Waals surface area contributed by atoms with Gasteiger partial charge in [-0.25, -0.2) is 0 Å². The predicted octanol–water partition coefficient (Wildman–Crippen LogP) is 3.00. The van der Waals surface area contributed by atoms with Gasteiger partial charge < -0.3 is 9.64 Å². The molecule has 5 nitrogen and oxygen atoms in total. The van der Waals surface area contributed by atoms with Crippen LogP contribution < -0.4 is 0 Å². The molecular formula is C15H13Cl2N3O2. The highest BCUT2D eigenvalue weighted by atomic mass is 35.5. The fourth-order valence-electron chi connectivity index (χ4n) is 2.33. The molecule has 1 aromatic heterocycles. The van der Waals surface area contributed by atoms with E-state index in [2.05, 4.69) is 10.2 Å². The van der Waals surface area contributed by atoms with Crippen molar-refractivity contribution in [3.63, 3.8) is 0 Å². The Labute approximate surface area is 137 Å². The Kier molecular flexibility index (Phi) is 4.57. The standard InChI is InChI=1S/C15H13Cl2N3O2/c16-11-4-3-10(8-12(11)17)14-9-20(6-7-22-14)15(21)13-2-1-5-18-19-13/h1-5,8,14H,6-7,9H2/t14-/m0/s1. The van der Waals surface area contributed by atoms with E-state index in [1.165, 1.54) is 6.20 Å². The number of carbonyl (C=O) groups is 1. The Hall–Kier alpha value is -1.69. The van der Waals surface area contributed by atoms with E-state index < -0.39 is 0 Å². The Morgan fingerprint density at radius 3 is 2.86 bits per heavy atom. The van der Waals surface area contributed by atoms with Gasteiger partial charge in [0.05, 0.1) is 23.2 Å². The zero-order chi connectivity index (χ0) is 15.5. The quantitative estimate of drug-likeness (QED) is 0.845. The maximum atomic E-state index is 12.4. The van der Waals surface area contributed by atoms with E-state index in [-0.39, 0.29) is 12.0 Å². The zero-order valence-corrected chi connectivity index (χ0v) is 13.1. The summed E-state index contributed by atoms with van der Waals surface area (Å²) in [6, 6.07) is 8.70. The molecule has 2 aromatic rings. The van der Waals surface area contributed by atoms with E-state index in [4.69, 9.17) is 27.9 Å². The first-order valence-corrected chi connectivity index (χ1v) is 7.54. The largest absolute Gasteiger partial charge is 0.370 e. The monoisotopic (exact) mass is 337 g/mol. The second kappa shape index (κ2) is 6.60. The van der Waals surface area contributed by atoms with Gasteiger partial charge in [-0.15, -0.1) is 5.10 Å². The van der Waals surface area contributed by atoms with Crippen molar-refractivity contribution >= 4 is 29.1 Å². The second-order valence-corrected chi connectivity index (χ2v) is 5.71. The van der Waals surface area contributed by atoms with E-state index in [1.54, 1.807) is 29.2 Å². The van der Waals surface area contributed by atoms with Crippen molar-refractivity contribution in [1.29, 1.82) is 0 Å². The SMILES string of the molecule is O=C(c1cccnn1)N1CCO[C@H](c2ccc(Cl)c(Cl)c2)C1. The summed E-state index contributed by atoms with van der Waals surface area (Å²) in [7, 11) is 0. The van der Waals surface area contributed by atoms with Crippen molar-refractivity contribution in [2.75, 3.05) is 19.7 Å². The third-order valence-electron chi connectivity index (χ3n) is 3.46. The van der Waals surface area contributed by atoms with Crippen LogP contribution in [0.15, 0.2) is 36.5 Å². The molecule has 1 saturated heterocycles. The van der Waals surface area contributed by atoms with Gasteiger partial charge in [0.2, 0.25) is 0 Å². The summed E-state index contributed by atoms with van der Waals surface area (Å²) in [5.41, 5.74) is 1.23. The predicted molar refractivity (Wildman–Crippen MR) is 83.1 cm³/mol. The number of hydrogen-bond acceptors (Lipinski definition) is 4. The summed E-state index contributed by atoms with van der Waals surface area (Å²) < 4.78 is 5.74. The van der Waals surface area contributed by atoms with Gasteiger partial charge in [-0.1, -0.05) is 29.3 Å². The van der Waals surface area contributed by atoms with Gasteiger partial charge in [0.1, 0.15) is 6.10 Å². The van der Waals surface area contributed by atoms with Crippen LogP contribution in [0.25, 0.3) is 0 Å². The average Bonchev–Trinajstić information content (AvgIpc) is 2.57. The fraction of sp³-hybridized carbons (Fsp3) is 0.267. The molecule has 1 atom stereocenters. The normalized spacial score (nSPS) is 18.3. The summed E-state index contributed by atoms with van der Waals surface area (Å²) in [5.74, 6) is -0.151. The van der Waals surface area contributed by atoms with Crippen LogP contribution in [-0.4, -0.2) is 40.7 Å². The van der Waals surface area contributed by atoms with Gasteiger partial charge in [-0.05, 0) is 29.8 Å². The summed E-state index contributed by atoms with van der Waals surface area (Å²) in [4.78, 5) is 14.1. The molecule has 1 aliphatic rings. The highest BCUT2D eigenvalue weighted by Crippen LogP contribution is 2.29. The summed E-state index contributed by atoms with van der Waals surface area (Å²) in [6.45, 7) is 1.41. The van der Waals surface area contributed by atoms with E-state index in [0.717, 1.165) is 5.56 Å². The minimum atomic E-state index is -0.232. The van der Waals surface area contributed by atoms with Crippen LogP contribution in [0.2, 0.25) is 10.0 Å². The lowest BCUT2D eigenvalue weighted by molar-refractivity contribution is -0.0230. The first-order valence-electron chi connectivity index (χ1n) is 6.78. The van der Waals surface area contributed by atoms with E-state index in [0.29, 0.717) is 35.4 Å². The molecule has 1 aliphatic heterocycles. The highest BCUT2D eigenvalue weighted by Gasteiger charge is 2.27. The fourth-order valence-corrected chi connectivity index (χ4v) is 2.63. The minimum Gasteiger partial charge on any atom is -0.370 e. The van der Waals surface area contributed by atoms with Crippen molar-refractivity contribution in [3.8, 4) is 0 Å². The number of ether oxygens (including phenoxy) is 1.